The van der Waals surface area contributed by atoms with Gasteiger partial charge in [0.2, 0.25) is 0 Å². The number of rotatable bonds is 4. The highest BCUT2D eigenvalue weighted by Crippen LogP contribution is 2.22. The fraction of sp³-hybridized carbons (Fsp3) is 0.529. The van der Waals surface area contributed by atoms with Crippen LogP contribution in [0.1, 0.15) is 36.8 Å². The van der Waals surface area contributed by atoms with Crippen LogP contribution in [0.15, 0.2) is 18.2 Å². The van der Waals surface area contributed by atoms with E-state index in [1.54, 1.807) is 0 Å². The van der Waals surface area contributed by atoms with Gasteiger partial charge >= 0.3 is 0 Å². The molecule has 1 heterocycles. The summed E-state index contributed by atoms with van der Waals surface area (Å²) >= 11 is 0. The summed E-state index contributed by atoms with van der Waals surface area (Å²) in [5, 5.41) is 9.17. The second-order valence-electron chi connectivity index (χ2n) is 5.45. The molecule has 1 atom stereocenters. The van der Waals surface area contributed by atoms with Gasteiger partial charge in [0, 0.05) is 19.2 Å². The van der Waals surface area contributed by atoms with Crippen molar-refractivity contribution < 1.29 is 9.50 Å². The lowest BCUT2D eigenvalue weighted by Crippen LogP contribution is -2.39. The average Bonchev–Trinajstić information content (AvgIpc) is 2.50. The van der Waals surface area contributed by atoms with Gasteiger partial charge in [0.15, 0.2) is 0 Å². The number of aliphatic hydroxyl groups is 1. The first-order chi connectivity index (χ1) is 10.2. The summed E-state index contributed by atoms with van der Waals surface area (Å²) in [6.45, 7) is 2.26. The van der Waals surface area contributed by atoms with Gasteiger partial charge in [0.05, 0.1) is 12.1 Å². The molecule has 0 aromatic heterocycles. The molecule has 0 saturated carbocycles. The van der Waals surface area contributed by atoms with Crippen LogP contribution in [0.2, 0.25) is 0 Å². The van der Waals surface area contributed by atoms with Crippen LogP contribution >= 0.6 is 0 Å². The summed E-state index contributed by atoms with van der Waals surface area (Å²) in [7, 11) is 0. The van der Waals surface area contributed by atoms with Crippen molar-refractivity contribution in [3.8, 4) is 11.8 Å². The average molecular weight is 290 g/mol. The molecular formula is C17H23FN2O. The minimum Gasteiger partial charge on any atom is -0.396 e. The number of likely N-dealkylation sites (tertiary alicyclic amines) is 1. The molecule has 1 aliphatic rings. The van der Waals surface area contributed by atoms with Gasteiger partial charge in [0.1, 0.15) is 5.82 Å². The minimum atomic E-state index is -0.301. The van der Waals surface area contributed by atoms with Crippen LogP contribution in [0.25, 0.3) is 0 Å². The Morgan fingerprint density at radius 1 is 1.38 bits per heavy atom. The molecule has 0 bridgehead atoms. The second-order valence-corrected chi connectivity index (χ2v) is 5.45. The smallest absolute Gasteiger partial charge is 0.138 e. The van der Waals surface area contributed by atoms with Gasteiger partial charge in [-0.3, -0.25) is 4.90 Å². The zero-order valence-electron chi connectivity index (χ0n) is 12.3. The normalized spacial score (nSPS) is 19.1. The highest BCUT2D eigenvalue weighted by atomic mass is 19.1. The third-order valence-corrected chi connectivity index (χ3v) is 3.95. The fourth-order valence-electron chi connectivity index (χ4n) is 2.89. The third-order valence-electron chi connectivity index (χ3n) is 3.95. The number of nitrogens with zero attached hydrogens (tertiary/aromatic N) is 1. The second kappa shape index (κ2) is 8.14. The van der Waals surface area contributed by atoms with Gasteiger partial charge in [-0.05, 0) is 43.5 Å². The summed E-state index contributed by atoms with van der Waals surface area (Å²) in [5.74, 6) is 5.17. The zero-order chi connectivity index (χ0) is 15.1. The van der Waals surface area contributed by atoms with Crippen molar-refractivity contribution in [1.82, 2.24) is 4.90 Å². The molecule has 2 rings (SSSR count). The minimum absolute atomic E-state index is 0.220. The highest BCUT2D eigenvalue weighted by molar-refractivity contribution is 5.38. The molecule has 3 N–H and O–H groups in total. The Balaban J connectivity index is 2.10. The number of halogens is 1. The Morgan fingerprint density at radius 3 is 3.00 bits per heavy atom. The van der Waals surface area contributed by atoms with Gasteiger partial charge in [-0.1, -0.05) is 24.3 Å². The first-order valence-corrected chi connectivity index (χ1v) is 7.57. The van der Waals surface area contributed by atoms with Crippen molar-refractivity contribution in [2.24, 2.45) is 5.73 Å². The molecule has 0 amide bonds. The lowest BCUT2D eigenvalue weighted by Gasteiger charge is -2.35. The molecular weight excluding hydrogens is 267 g/mol. The Labute approximate surface area is 125 Å². The molecule has 1 saturated heterocycles. The Kier molecular flexibility index (Phi) is 6.19. The summed E-state index contributed by atoms with van der Waals surface area (Å²) in [6, 6.07) is 5.52. The van der Waals surface area contributed by atoms with Crippen LogP contribution in [0, 0.1) is 17.7 Å². The topological polar surface area (TPSA) is 49.5 Å². The number of benzene rings is 1. The van der Waals surface area contributed by atoms with E-state index in [9.17, 15) is 9.50 Å². The molecule has 1 unspecified atom stereocenters. The molecule has 3 nitrogen and oxygen atoms in total. The van der Waals surface area contributed by atoms with E-state index in [1.807, 2.05) is 12.1 Å². The van der Waals surface area contributed by atoms with E-state index in [-0.39, 0.29) is 19.0 Å². The van der Waals surface area contributed by atoms with Crippen LogP contribution in [0.5, 0.6) is 0 Å². The Hall–Kier alpha value is -1.41. The van der Waals surface area contributed by atoms with Gasteiger partial charge in [-0.15, -0.1) is 0 Å². The summed E-state index contributed by atoms with van der Waals surface area (Å²) in [6.07, 6.45) is 4.34. The highest BCUT2D eigenvalue weighted by Gasteiger charge is 2.21. The quantitative estimate of drug-likeness (QED) is 0.832. The van der Waals surface area contributed by atoms with Crippen LogP contribution in [-0.2, 0) is 6.54 Å². The summed E-state index contributed by atoms with van der Waals surface area (Å²) in [4.78, 5) is 2.38. The van der Waals surface area contributed by atoms with E-state index in [1.165, 1.54) is 18.9 Å². The first-order valence-electron chi connectivity index (χ1n) is 7.57. The van der Waals surface area contributed by atoms with Crippen molar-refractivity contribution in [2.75, 3.05) is 19.7 Å². The van der Waals surface area contributed by atoms with Gasteiger partial charge < -0.3 is 10.8 Å². The van der Waals surface area contributed by atoms with Gasteiger partial charge in [0.25, 0.3) is 0 Å². The predicted molar refractivity (Wildman–Crippen MR) is 82.1 cm³/mol. The van der Waals surface area contributed by atoms with E-state index in [0.29, 0.717) is 11.6 Å². The lowest BCUT2D eigenvalue weighted by atomic mass is 9.98. The molecule has 0 spiro atoms. The van der Waals surface area contributed by atoms with E-state index in [2.05, 4.69) is 16.7 Å². The summed E-state index contributed by atoms with van der Waals surface area (Å²) in [5.41, 5.74) is 6.81. The first kappa shape index (κ1) is 16.0. The third kappa shape index (κ3) is 4.53. The van der Waals surface area contributed by atoms with Crippen molar-refractivity contribution in [3.63, 3.8) is 0 Å². The fourth-order valence-corrected chi connectivity index (χ4v) is 2.89. The molecule has 0 aliphatic carbocycles. The molecule has 4 heteroatoms. The van der Waals surface area contributed by atoms with Gasteiger partial charge in [-0.2, -0.15) is 0 Å². The molecule has 114 valence electrons. The maximum absolute atomic E-state index is 13.7. The molecule has 1 aromatic rings. The Bertz CT molecular complexity index is 519. The largest absolute Gasteiger partial charge is 0.396 e. The van der Waals surface area contributed by atoms with E-state index in [4.69, 9.17) is 5.73 Å². The maximum Gasteiger partial charge on any atom is 0.138 e. The number of aliphatic hydroxyl groups excluding tert-OH is 1. The zero-order valence-corrected chi connectivity index (χ0v) is 12.3. The van der Waals surface area contributed by atoms with Crippen molar-refractivity contribution in [2.45, 2.75) is 38.3 Å². The van der Waals surface area contributed by atoms with Crippen LogP contribution in [-0.4, -0.2) is 35.7 Å². The van der Waals surface area contributed by atoms with E-state index in [0.717, 1.165) is 31.5 Å². The number of hydrogen-bond donors (Lipinski definition) is 2. The van der Waals surface area contributed by atoms with Crippen LogP contribution < -0.4 is 5.73 Å². The predicted octanol–water partition coefficient (Wildman–Crippen LogP) is 1.87. The van der Waals surface area contributed by atoms with Crippen molar-refractivity contribution >= 4 is 0 Å². The van der Waals surface area contributed by atoms with Crippen LogP contribution in [0.4, 0.5) is 4.39 Å². The molecule has 1 aromatic carbocycles. The molecule has 1 fully saturated rings. The number of hydrogen-bond acceptors (Lipinski definition) is 3. The molecule has 0 radical (unpaired) electrons. The molecule has 1 aliphatic heterocycles. The van der Waals surface area contributed by atoms with Crippen LogP contribution in [0.3, 0.4) is 0 Å². The lowest BCUT2D eigenvalue weighted by molar-refractivity contribution is 0.112. The maximum atomic E-state index is 13.7. The van der Waals surface area contributed by atoms with Gasteiger partial charge in [-0.25, -0.2) is 4.39 Å². The monoisotopic (exact) mass is 290 g/mol. The van der Waals surface area contributed by atoms with Crippen molar-refractivity contribution in [3.05, 3.63) is 35.1 Å². The Morgan fingerprint density at radius 2 is 2.24 bits per heavy atom. The molecule has 21 heavy (non-hydrogen) atoms. The summed E-state index contributed by atoms with van der Waals surface area (Å²) < 4.78 is 13.7. The standard InChI is InChI=1S/C17H23FN2O/c18-17-7-6-14(12-15(17)4-3-9-19)13-20-10-2-1-5-16(20)8-11-21/h6-7,12,16,21H,1-2,5,8-11,13,19H2. The van der Waals surface area contributed by atoms with Crippen molar-refractivity contribution in [1.29, 1.82) is 0 Å². The number of piperidine rings is 1. The van der Waals surface area contributed by atoms with E-state index < -0.39 is 0 Å². The SMILES string of the molecule is NCC#Cc1cc(CN2CCCCC2CCO)ccc1F. The number of nitrogens with two attached hydrogens (primary N) is 1. The van der Waals surface area contributed by atoms with E-state index >= 15 is 0 Å².